The maximum absolute atomic E-state index is 12.2. The number of hydrogen-bond acceptors (Lipinski definition) is 4. The molecule has 1 fully saturated rings. The van der Waals surface area contributed by atoms with Gasteiger partial charge in [-0.05, 0) is 31.5 Å². The number of nitrogens with one attached hydrogen (secondary N) is 2. The smallest absolute Gasteiger partial charge is 0.189 e. The van der Waals surface area contributed by atoms with E-state index in [1.165, 1.54) is 0 Å². The summed E-state index contributed by atoms with van der Waals surface area (Å²) in [6.45, 7) is 4.02. The largest absolute Gasteiger partial charge is 0.391 e. The highest BCUT2D eigenvalue weighted by molar-refractivity contribution is 5.78. The minimum absolute atomic E-state index is 0.0349. The van der Waals surface area contributed by atoms with Crippen LogP contribution in [0.5, 0.6) is 0 Å². The number of H-pyrrole nitrogens is 2. The molecule has 3 aromatic rings. The van der Waals surface area contributed by atoms with Crippen LogP contribution in [0.25, 0.3) is 10.9 Å². The molecule has 0 radical (unpaired) electrons. The van der Waals surface area contributed by atoms with Crippen molar-refractivity contribution in [3.63, 3.8) is 0 Å². The normalized spacial score (nSPS) is 21.2. The van der Waals surface area contributed by atoms with Gasteiger partial charge in [0.2, 0.25) is 0 Å². The number of aromatic nitrogens is 3. The summed E-state index contributed by atoms with van der Waals surface area (Å²) in [5, 5.41) is 18.3. The van der Waals surface area contributed by atoms with E-state index in [9.17, 15) is 9.90 Å². The fraction of sp³-hybridized carbons (Fsp3) is 0.368. The lowest BCUT2D eigenvalue weighted by atomic mass is 10.0. The molecule has 0 amide bonds. The summed E-state index contributed by atoms with van der Waals surface area (Å²) in [6.07, 6.45) is 0.389. The highest BCUT2D eigenvalue weighted by Gasteiger charge is 2.31. The van der Waals surface area contributed by atoms with Crippen molar-refractivity contribution in [2.75, 3.05) is 13.1 Å². The predicted octanol–water partition coefficient (Wildman–Crippen LogP) is 1.60. The van der Waals surface area contributed by atoms with Crippen LogP contribution in [-0.2, 0) is 13.0 Å². The van der Waals surface area contributed by atoms with Gasteiger partial charge in [-0.3, -0.25) is 14.8 Å². The molecule has 130 valence electrons. The van der Waals surface area contributed by atoms with Gasteiger partial charge < -0.3 is 10.1 Å². The number of β-amino-alcohol motifs (C(OH)–C–C–N with tert-alkyl or cyclic N) is 1. The standard InChI is InChI=1S/C19H22N4O2/c1-12-6-14(22-21-12)7-13-9-23(11-19(13)25)10-15-8-18(24)16-4-2-3-5-17(16)20-15/h2-6,8,13,19,25H,7,9-11H2,1H3,(H,20,24)(H,21,22). The zero-order chi connectivity index (χ0) is 17.4. The van der Waals surface area contributed by atoms with E-state index >= 15 is 0 Å². The molecule has 4 rings (SSSR count). The molecule has 0 saturated carbocycles. The van der Waals surface area contributed by atoms with E-state index in [4.69, 9.17) is 0 Å². The Morgan fingerprint density at radius 3 is 2.92 bits per heavy atom. The van der Waals surface area contributed by atoms with Gasteiger partial charge in [-0.2, -0.15) is 5.10 Å². The molecular weight excluding hydrogens is 316 g/mol. The number of benzene rings is 1. The Morgan fingerprint density at radius 1 is 1.28 bits per heavy atom. The van der Waals surface area contributed by atoms with E-state index < -0.39 is 0 Å². The van der Waals surface area contributed by atoms with Crippen LogP contribution < -0.4 is 5.43 Å². The molecule has 6 nitrogen and oxygen atoms in total. The Morgan fingerprint density at radius 2 is 2.12 bits per heavy atom. The zero-order valence-electron chi connectivity index (χ0n) is 14.2. The van der Waals surface area contributed by atoms with Crippen LogP contribution >= 0.6 is 0 Å². The Balaban J connectivity index is 1.47. The first-order valence-electron chi connectivity index (χ1n) is 8.61. The number of likely N-dealkylation sites (tertiary alicyclic amines) is 1. The average molecular weight is 338 g/mol. The van der Waals surface area contributed by atoms with Crippen LogP contribution in [-0.4, -0.2) is 44.4 Å². The third-order valence-corrected chi connectivity index (χ3v) is 4.90. The highest BCUT2D eigenvalue weighted by Crippen LogP contribution is 2.22. The summed E-state index contributed by atoms with van der Waals surface area (Å²) in [7, 11) is 0. The molecule has 2 aromatic heterocycles. The van der Waals surface area contributed by atoms with Gasteiger partial charge in [0.1, 0.15) is 0 Å². The van der Waals surface area contributed by atoms with E-state index in [-0.39, 0.29) is 17.5 Å². The van der Waals surface area contributed by atoms with Crippen molar-refractivity contribution in [2.24, 2.45) is 5.92 Å². The van der Waals surface area contributed by atoms with Crippen LogP contribution in [0, 0.1) is 12.8 Å². The van der Waals surface area contributed by atoms with Crippen molar-refractivity contribution in [1.29, 1.82) is 0 Å². The number of fused-ring (bicyclic) bond motifs is 1. The maximum Gasteiger partial charge on any atom is 0.189 e. The van der Waals surface area contributed by atoms with Gasteiger partial charge >= 0.3 is 0 Å². The van der Waals surface area contributed by atoms with Crippen molar-refractivity contribution in [3.05, 3.63) is 63.7 Å². The number of para-hydroxylation sites is 1. The summed E-state index contributed by atoms with van der Waals surface area (Å²) in [4.78, 5) is 17.8. The molecule has 2 atom stereocenters. The van der Waals surface area contributed by atoms with Crippen molar-refractivity contribution in [3.8, 4) is 0 Å². The second-order valence-corrected chi connectivity index (χ2v) is 6.97. The number of aliphatic hydroxyl groups excluding tert-OH is 1. The van der Waals surface area contributed by atoms with Crippen LogP contribution in [0.1, 0.15) is 17.1 Å². The summed E-state index contributed by atoms with van der Waals surface area (Å²) >= 11 is 0. The molecule has 1 aromatic carbocycles. The topological polar surface area (TPSA) is 85.0 Å². The van der Waals surface area contributed by atoms with Gasteiger partial charge in [-0.15, -0.1) is 0 Å². The fourth-order valence-electron chi connectivity index (χ4n) is 3.70. The minimum Gasteiger partial charge on any atom is -0.391 e. The van der Waals surface area contributed by atoms with E-state index in [0.29, 0.717) is 18.5 Å². The second kappa shape index (κ2) is 6.46. The summed E-state index contributed by atoms with van der Waals surface area (Å²) in [6, 6.07) is 11.2. The van der Waals surface area contributed by atoms with Crippen LogP contribution in [0.3, 0.4) is 0 Å². The van der Waals surface area contributed by atoms with Crippen molar-refractivity contribution in [1.82, 2.24) is 20.1 Å². The Hall–Kier alpha value is -2.44. The number of nitrogens with zero attached hydrogens (tertiary/aromatic N) is 2. The molecule has 2 unspecified atom stereocenters. The third-order valence-electron chi connectivity index (χ3n) is 4.90. The first-order valence-corrected chi connectivity index (χ1v) is 8.61. The Bertz CT molecular complexity index is 946. The molecule has 25 heavy (non-hydrogen) atoms. The lowest BCUT2D eigenvalue weighted by Crippen LogP contribution is -2.23. The minimum atomic E-state index is -0.371. The van der Waals surface area contributed by atoms with Crippen molar-refractivity contribution < 1.29 is 5.11 Å². The molecule has 1 saturated heterocycles. The number of aliphatic hydroxyl groups is 1. The van der Waals surface area contributed by atoms with Gasteiger partial charge in [0.05, 0.1) is 11.8 Å². The van der Waals surface area contributed by atoms with E-state index in [0.717, 1.165) is 35.6 Å². The summed E-state index contributed by atoms with van der Waals surface area (Å²) in [5.74, 6) is 0.162. The quantitative estimate of drug-likeness (QED) is 0.674. The lowest BCUT2D eigenvalue weighted by Gasteiger charge is -2.15. The van der Waals surface area contributed by atoms with E-state index in [1.807, 2.05) is 37.3 Å². The first kappa shape index (κ1) is 16.1. The van der Waals surface area contributed by atoms with Gasteiger partial charge in [0, 0.05) is 53.9 Å². The van der Waals surface area contributed by atoms with E-state index in [1.54, 1.807) is 6.07 Å². The zero-order valence-corrected chi connectivity index (χ0v) is 14.2. The SMILES string of the molecule is Cc1cc(CC2CN(Cc3cc(=O)c4ccccc4[nH]3)CC2O)n[nH]1. The molecule has 0 aliphatic carbocycles. The van der Waals surface area contributed by atoms with Crippen LogP contribution in [0.4, 0.5) is 0 Å². The van der Waals surface area contributed by atoms with Gasteiger partial charge in [-0.25, -0.2) is 0 Å². The third kappa shape index (κ3) is 3.36. The first-order chi connectivity index (χ1) is 12.1. The molecule has 1 aliphatic rings. The molecule has 6 heteroatoms. The predicted molar refractivity (Wildman–Crippen MR) is 96.4 cm³/mol. The Labute approximate surface area is 145 Å². The molecule has 1 aliphatic heterocycles. The lowest BCUT2D eigenvalue weighted by molar-refractivity contribution is 0.140. The molecular formula is C19H22N4O2. The summed E-state index contributed by atoms with van der Waals surface area (Å²) in [5.41, 5.74) is 3.80. The van der Waals surface area contributed by atoms with Gasteiger partial charge in [-0.1, -0.05) is 12.1 Å². The second-order valence-electron chi connectivity index (χ2n) is 6.97. The molecule has 3 heterocycles. The van der Waals surface area contributed by atoms with Crippen molar-refractivity contribution in [2.45, 2.75) is 26.0 Å². The maximum atomic E-state index is 12.2. The average Bonchev–Trinajstić information content (AvgIpc) is 3.13. The van der Waals surface area contributed by atoms with Crippen LogP contribution in [0.2, 0.25) is 0 Å². The number of rotatable bonds is 4. The molecule has 0 spiro atoms. The Kier molecular flexibility index (Phi) is 4.15. The van der Waals surface area contributed by atoms with Gasteiger partial charge in [0.15, 0.2) is 5.43 Å². The number of hydrogen-bond donors (Lipinski definition) is 3. The van der Waals surface area contributed by atoms with Crippen LogP contribution in [0.15, 0.2) is 41.2 Å². The monoisotopic (exact) mass is 338 g/mol. The van der Waals surface area contributed by atoms with Crippen molar-refractivity contribution >= 4 is 10.9 Å². The van der Waals surface area contributed by atoms with Gasteiger partial charge in [0.25, 0.3) is 0 Å². The molecule has 3 N–H and O–H groups in total. The fourth-order valence-corrected chi connectivity index (χ4v) is 3.70. The summed E-state index contributed by atoms with van der Waals surface area (Å²) < 4.78 is 0. The highest BCUT2D eigenvalue weighted by atomic mass is 16.3. The number of pyridine rings is 1. The van der Waals surface area contributed by atoms with E-state index in [2.05, 4.69) is 20.1 Å². The number of aromatic amines is 2. The molecule has 0 bridgehead atoms. The number of aryl methyl sites for hydroxylation is 1.